The predicted octanol–water partition coefficient (Wildman–Crippen LogP) is 2.86. The summed E-state index contributed by atoms with van der Waals surface area (Å²) in [6, 6.07) is 2.33. The van der Waals surface area contributed by atoms with Crippen LogP contribution in [0.2, 0.25) is 5.15 Å². The largest absolute Gasteiger partial charge is 0.494 e. The van der Waals surface area contributed by atoms with Crippen molar-refractivity contribution in [3.63, 3.8) is 0 Å². The van der Waals surface area contributed by atoms with Crippen molar-refractivity contribution in [2.24, 2.45) is 0 Å². The molecule has 2 rings (SSSR count). The van der Waals surface area contributed by atoms with Crippen molar-refractivity contribution < 1.29 is 4.74 Å². The summed E-state index contributed by atoms with van der Waals surface area (Å²) in [5, 5.41) is 2.63. The Hall–Kier alpha value is -0.260. The SMILES string of the molecule is CNN1CCC[C@H]1c1cnc(Cl)c(OC)c1.Cl.Cl. The molecular weight excluding hydrogens is 296 g/mol. The Labute approximate surface area is 125 Å². The molecule has 0 aliphatic carbocycles. The summed E-state index contributed by atoms with van der Waals surface area (Å²) in [4.78, 5) is 4.15. The molecule has 0 radical (unpaired) electrons. The number of aromatic nitrogens is 1. The van der Waals surface area contributed by atoms with Gasteiger partial charge in [0.1, 0.15) is 0 Å². The third-order valence-corrected chi connectivity index (χ3v) is 3.26. The minimum atomic E-state index is 0. The first-order chi connectivity index (χ1) is 7.76. The van der Waals surface area contributed by atoms with Gasteiger partial charge in [-0.2, -0.15) is 0 Å². The lowest BCUT2D eigenvalue weighted by Gasteiger charge is -2.23. The Morgan fingerprint density at radius 3 is 2.83 bits per heavy atom. The van der Waals surface area contributed by atoms with E-state index in [0.29, 0.717) is 16.9 Å². The van der Waals surface area contributed by atoms with E-state index < -0.39 is 0 Å². The van der Waals surface area contributed by atoms with E-state index in [-0.39, 0.29) is 24.8 Å². The van der Waals surface area contributed by atoms with Crippen LogP contribution in [0.15, 0.2) is 12.3 Å². The van der Waals surface area contributed by atoms with Gasteiger partial charge in [0.05, 0.1) is 13.2 Å². The molecule has 0 aromatic carbocycles. The van der Waals surface area contributed by atoms with E-state index in [1.807, 2.05) is 19.3 Å². The lowest BCUT2D eigenvalue weighted by Crippen LogP contribution is -2.34. The molecule has 104 valence electrons. The summed E-state index contributed by atoms with van der Waals surface area (Å²) in [5.41, 5.74) is 4.34. The lowest BCUT2D eigenvalue weighted by molar-refractivity contribution is 0.190. The molecular formula is C11H18Cl3N3O. The molecule has 1 saturated heterocycles. The number of methoxy groups -OCH3 is 1. The van der Waals surface area contributed by atoms with E-state index in [0.717, 1.165) is 18.5 Å². The topological polar surface area (TPSA) is 37.4 Å². The molecule has 1 aromatic heterocycles. The Bertz CT molecular complexity index is 379. The van der Waals surface area contributed by atoms with E-state index in [9.17, 15) is 0 Å². The summed E-state index contributed by atoms with van der Waals surface area (Å²) in [7, 11) is 3.55. The minimum absolute atomic E-state index is 0. The van der Waals surface area contributed by atoms with Crippen LogP contribution in [0.1, 0.15) is 24.4 Å². The molecule has 0 saturated carbocycles. The summed E-state index contributed by atoms with van der Waals surface area (Å²) < 4.78 is 5.18. The molecule has 1 atom stereocenters. The molecule has 1 aliphatic rings. The normalized spacial score (nSPS) is 18.9. The van der Waals surface area contributed by atoms with Crippen molar-refractivity contribution in [1.29, 1.82) is 0 Å². The van der Waals surface area contributed by atoms with Crippen molar-refractivity contribution in [3.05, 3.63) is 23.0 Å². The first kappa shape index (κ1) is 17.7. The third-order valence-electron chi connectivity index (χ3n) is 2.97. The smallest absolute Gasteiger partial charge is 0.171 e. The maximum absolute atomic E-state index is 5.91. The fraction of sp³-hybridized carbons (Fsp3) is 0.545. The van der Waals surface area contributed by atoms with Crippen molar-refractivity contribution in [2.75, 3.05) is 20.7 Å². The first-order valence-electron chi connectivity index (χ1n) is 5.39. The van der Waals surface area contributed by atoms with Crippen LogP contribution in [-0.4, -0.2) is 30.7 Å². The summed E-state index contributed by atoms with van der Waals surface area (Å²) in [6.07, 6.45) is 4.15. The first-order valence-corrected chi connectivity index (χ1v) is 5.77. The Kier molecular flexibility index (Phi) is 7.90. The molecule has 0 unspecified atom stereocenters. The van der Waals surface area contributed by atoms with Crippen LogP contribution in [0, 0.1) is 0 Å². The van der Waals surface area contributed by atoms with Crippen LogP contribution in [0.3, 0.4) is 0 Å². The molecule has 1 aliphatic heterocycles. The Balaban J connectivity index is 0.00000144. The Morgan fingerprint density at radius 1 is 1.50 bits per heavy atom. The fourth-order valence-electron chi connectivity index (χ4n) is 2.15. The van der Waals surface area contributed by atoms with Gasteiger partial charge in [0.2, 0.25) is 0 Å². The third kappa shape index (κ3) is 3.62. The van der Waals surface area contributed by atoms with E-state index in [4.69, 9.17) is 16.3 Å². The van der Waals surface area contributed by atoms with Crippen molar-refractivity contribution in [2.45, 2.75) is 18.9 Å². The molecule has 18 heavy (non-hydrogen) atoms. The number of hydrogen-bond donors (Lipinski definition) is 1. The zero-order valence-electron chi connectivity index (χ0n) is 10.4. The quantitative estimate of drug-likeness (QED) is 0.871. The maximum Gasteiger partial charge on any atom is 0.171 e. The fourth-order valence-corrected chi connectivity index (χ4v) is 2.33. The summed E-state index contributed by atoms with van der Waals surface area (Å²) >= 11 is 5.91. The second-order valence-electron chi connectivity index (χ2n) is 3.84. The van der Waals surface area contributed by atoms with Gasteiger partial charge in [0.25, 0.3) is 0 Å². The summed E-state index contributed by atoms with van der Waals surface area (Å²) in [5.74, 6) is 0.641. The van der Waals surface area contributed by atoms with Gasteiger partial charge in [-0.3, -0.25) is 5.43 Å². The average molecular weight is 315 g/mol. The molecule has 1 aromatic rings. The lowest BCUT2D eigenvalue weighted by atomic mass is 10.1. The molecule has 2 heterocycles. The van der Waals surface area contributed by atoms with Gasteiger partial charge in [-0.15, -0.1) is 24.8 Å². The van der Waals surface area contributed by atoms with Gasteiger partial charge in [0, 0.05) is 12.7 Å². The van der Waals surface area contributed by atoms with Crippen LogP contribution < -0.4 is 10.2 Å². The number of rotatable bonds is 3. The van der Waals surface area contributed by atoms with Gasteiger partial charge in [-0.05, 0) is 31.5 Å². The van der Waals surface area contributed by atoms with Crippen molar-refractivity contribution in [1.82, 2.24) is 15.4 Å². The second-order valence-corrected chi connectivity index (χ2v) is 4.19. The number of nitrogens with one attached hydrogen (secondary N) is 1. The average Bonchev–Trinajstić information content (AvgIpc) is 2.78. The molecule has 7 heteroatoms. The van der Waals surface area contributed by atoms with E-state index >= 15 is 0 Å². The Morgan fingerprint density at radius 2 is 2.22 bits per heavy atom. The van der Waals surface area contributed by atoms with Crippen molar-refractivity contribution in [3.8, 4) is 5.75 Å². The van der Waals surface area contributed by atoms with E-state index in [2.05, 4.69) is 15.4 Å². The highest BCUT2D eigenvalue weighted by atomic mass is 35.5. The van der Waals surface area contributed by atoms with Gasteiger partial charge in [0.15, 0.2) is 10.9 Å². The highest BCUT2D eigenvalue weighted by Gasteiger charge is 2.25. The van der Waals surface area contributed by atoms with Crippen LogP contribution in [-0.2, 0) is 0 Å². The van der Waals surface area contributed by atoms with Crippen LogP contribution in [0.5, 0.6) is 5.75 Å². The van der Waals surface area contributed by atoms with Crippen LogP contribution >= 0.6 is 36.4 Å². The second kappa shape index (κ2) is 8.02. The monoisotopic (exact) mass is 313 g/mol. The summed E-state index contributed by atoms with van der Waals surface area (Å²) in [6.45, 7) is 1.06. The zero-order chi connectivity index (χ0) is 11.5. The van der Waals surface area contributed by atoms with Gasteiger partial charge >= 0.3 is 0 Å². The minimum Gasteiger partial charge on any atom is -0.494 e. The highest BCUT2D eigenvalue weighted by molar-refractivity contribution is 6.30. The number of halogens is 3. The highest BCUT2D eigenvalue weighted by Crippen LogP contribution is 2.33. The number of pyridine rings is 1. The van der Waals surface area contributed by atoms with E-state index in [1.165, 1.54) is 6.42 Å². The number of ether oxygens (including phenoxy) is 1. The van der Waals surface area contributed by atoms with Crippen LogP contribution in [0.4, 0.5) is 0 Å². The molecule has 1 fully saturated rings. The number of nitrogens with zero attached hydrogens (tertiary/aromatic N) is 2. The van der Waals surface area contributed by atoms with Crippen molar-refractivity contribution >= 4 is 36.4 Å². The van der Waals surface area contributed by atoms with Gasteiger partial charge in [-0.25, -0.2) is 9.99 Å². The van der Waals surface area contributed by atoms with E-state index in [1.54, 1.807) is 7.11 Å². The predicted molar refractivity (Wildman–Crippen MR) is 78.0 cm³/mol. The van der Waals surface area contributed by atoms with Gasteiger partial charge in [-0.1, -0.05) is 11.6 Å². The molecule has 4 nitrogen and oxygen atoms in total. The number of hydrazine groups is 1. The zero-order valence-corrected chi connectivity index (χ0v) is 12.7. The van der Waals surface area contributed by atoms with Crippen LogP contribution in [0.25, 0.3) is 0 Å². The molecule has 0 amide bonds. The molecule has 0 bridgehead atoms. The standard InChI is InChI=1S/C11H16ClN3O.2ClH/c1-13-15-5-3-4-9(15)8-6-10(16-2)11(12)14-7-8;;/h6-7,9,13H,3-5H2,1-2H3;2*1H/t9-;;/m0../s1. The van der Waals surface area contributed by atoms with Gasteiger partial charge < -0.3 is 4.74 Å². The molecule has 1 N–H and O–H groups in total. The maximum atomic E-state index is 5.91. The molecule has 0 spiro atoms. The number of hydrogen-bond acceptors (Lipinski definition) is 4.